The molecule has 0 spiro atoms. The Morgan fingerprint density at radius 3 is 2.56 bits per heavy atom. The van der Waals surface area contributed by atoms with Gasteiger partial charge < -0.3 is 4.74 Å². The van der Waals surface area contributed by atoms with Crippen LogP contribution >= 0.6 is 0 Å². The Balaban J connectivity index is 3.18. The summed E-state index contributed by atoms with van der Waals surface area (Å²) >= 11 is 0. The summed E-state index contributed by atoms with van der Waals surface area (Å²) in [4.78, 5) is 0. The minimum Gasteiger partial charge on any atom is -0.384 e. The van der Waals surface area contributed by atoms with E-state index in [9.17, 15) is 0 Å². The van der Waals surface area contributed by atoms with Crippen molar-refractivity contribution in [3.8, 4) is 0 Å². The zero-order valence-electron chi connectivity index (χ0n) is 6.81. The third-order valence-electron chi connectivity index (χ3n) is 1.68. The van der Waals surface area contributed by atoms with Gasteiger partial charge in [0.1, 0.15) is 7.85 Å². The van der Waals surface area contributed by atoms with Gasteiger partial charge in [0.05, 0.1) is 0 Å². The maximum atomic E-state index is 5.05. The van der Waals surface area contributed by atoms with Crippen LogP contribution in [0.25, 0.3) is 0 Å². The van der Waals surface area contributed by atoms with E-state index in [1.165, 1.54) is 19.2 Å². The summed E-state index contributed by atoms with van der Waals surface area (Å²) in [5.41, 5.74) is 0. The molecular weight excluding hydrogens is 111 g/mol. The molecule has 0 radical (unpaired) electrons. The lowest BCUT2D eigenvalue weighted by Gasteiger charge is -2.10. The van der Waals surface area contributed by atoms with Crippen LogP contribution in [0.2, 0.25) is 6.32 Å². The van der Waals surface area contributed by atoms with Gasteiger partial charge in [0.25, 0.3) is 0 Å². The molecule has 0 saturated carbocycles. The molecular formula is C7H17BO. The van der Waals surface area contributed by atoms with Gasteiger partial charge >= 0.3 is 0 Å². The first-order valence-electron chi connectivity index (χ1n) is 3.84. The van der Waals surface area contributed by atoms with Crippen molar-refractivity contribution in [2.24, 2.45) is 5.92 Å². The van der Waals surface area contributed by atoms with E-state index < -0.39 is 0 Å². The normalized spacial score (nSPS) is 13.6. The van der Waals surface area contributed by atoms with Crippen molar-refractivity contribution >= 4 is 7.85 Å². The number of hydrogen-bond donors (Lipinski definition) is 0. The summed E-state index contributed by atoms with van der Waals surface area (Å²) in [6.07, 6.45) is 3.84. The SMILES string of the molecule is BC[C@@H](CCC)COC. The molecule has 1 nitrogen and oxygen atoms in total. The van der Waals surface area contributed by atoms with Gasteiger partial charge in [0.2, 0.25) is 0 Å². The number of hydrogen-bond acceptors (Lipinski definition) is 1. The van der Waals surface area contributed by atoms with Gasteiger partial charge in [-0.15, -0.1) is 0 Å². The molecule has 0 rings (SSSR count). The smallest absolute Gasteiger partial charge is 0.101 e. The summed E-state index contributed by atoms with van der Waals surface area (Å²) in [6.45, 7) is 3.16. The highest BCUT2D eigenvalue weighted by Crippen LogP contribution is 2.09. The van der Waals surface area contributed by atoms with Gasteiger partial charge in [0.15, 0.2) is 0 Å². The van der Waals surface area contributed by atoms with Crippen molar-refractivity contribution in [1.29, 1.82) is 0 Å². The van der Waals surface area contributed by atoms with E-state index in [0.29, 0.717) is 0 Å². The average molecular weight is 128 g/mol. The fourth-order valence-corrected chi connectivity index (χ4v) is 1.05. The van der Waals surface area contributed by atoms with Crippen molar-refractivity contribution < 1.29 is 4.74 Å². The molecule has 0 aliphatic heterocycles. The van der Waals surface area contributed by atoms with E-state index in [2.05, 4.69) is 14.8 Å². The predicted molar refractivity (Wildman–Crippen MR) is 43.6 cm³/mol. The number of rotatable bonds is 5. The summed E-state index contributed by atoms with van der Waals surface area (Å²) in [5.74, 6) is 0.792. The minimum absolute atomic E-state index is 0.792. The Kier molecular flexibility index (Phi) is 6.17. The molecule has 2 heteroatoms. The van der Waals surface area contributed by atoms with E-state index >= 15 is 0 Å². The average Bonchev–Trinajstić information content (AvgIpc) is 1.88. The third-order valence-corrected chi connectivity index (χ3v) is 1.68. The largest absolute Gasteiger partial charge is 0.384 e. The molecule has 0 amide bonds. The van der Waals surface area contributed by atoms with Crippen molar-refractivity contribution in [1.82, 2.24) is 0 Å². The van der Waals surface area contributed by atoms with Crippen molar-refractivity contribution in [3.05, 3.63) is 0 Å². The summed E-state index contributed by atoms with van der Waals surface area (Å²) < 4.78 is 5.05. The molecule has 0 aliphatic carbocycles. The maximum Gasteiger partial charge on any atom is 0.101 e. The van der Waals surface area contributed by atoms with Gasteiger partial charge in [-0.2, -0.15) is 0 Å². The zero-order valence-corrected chi connectivity index (χ0v) is 6.81. The zero-order chi connectivity index (χ0) is 7.11. The molecule has 0 bridgehead atoms. The monoisotopic (exact) mass is 128 g/mol. The van der Waals surface area contributed by atoms with Crippen LogP contribution in [0.5, 0.6) is 0 Å². The van der Waals surface area contributed by atoms with Crippen LogP contribution in [0.4, 0.5) is 0 Å². The Hall–Kier alpha value is 0.0249. The third kappa shape index (κ3) is 4.52. The Morgan fingerprint density at radius 2 is 2.22 bits per heavy atom. The second-order valence-corrected chi connectivity index (χ2v) is 2.52. The molecule has 0 fully saturated rings. The van der Waals surface area contributed by atoms with Crippen LogP contribution in [-0.2, 0) is 4.74 Å². The van der Waals surface area contributed by atoms with E-state index in [-0.39, 0.29) is 0 Å². The molecule has 0 aromatic heterocycles. The molecule has 0 saturated heterocycles. The van der Waals surface area contributed by atoms with E-state index in [1.807, 2.05) is 0 Å². The standard InChI is InChI=1S/C7H17BO/c1-3-4-7(5-8)6-9-2/h7H,3-6,8H2,1-2H3/t7-/m1/s1. The molecule has 0 aliphatic rings. The second kappa shape index (κ2) is 6.15. The first kappa shape index (κ1) is 9.02. The van der Waals surface area contributed by atoms with E-state index in [1.54, 1.807) is 7.11 Å². The Bertz CT molecular complexity index is 50.9. The molecule has 0 N–H and O–H groups in total. The van der Waals surface area contributed by atoms with Gasteiger partial charge in [-0.1, -0.05) is 19.7 Å². The van der Waals surface area contributed by atoms with Crippen LogP contribution in [0.3, 0.4) is 0 Å². The van der Waals surface area contributed by atoms with Crippen LogP contribution in [0.1, 0.15) is 19.8 Å². The fourth-order valence-electron chi connectivity index (χ4n) is 1.05. The highest BCUT2D eigenvalue weighted by atomic mass is 16.5. The highest BCUT2D eigenvalue weighted by molar-refractivity contribution is 6.08. The Labute approximate surface area is 59.2 Å². The molecule has 0 unspecified atom stereocenters. The van der Waals surface area contributed by atoms with Crippen LogP contribution < -0.4 is 0 Å². The number of methoxy groups -OCH3 is 1. The van der Waals surface area contributed by atoms with Crippen LogP contribution in [0, 0.1) is 5.92 Å². The highest BCUT2D eigenvalue weighted by Gasteiger charge is 2.02. The summed E-state index contributed by atoms with van der Waals surface area (Å²) in [5, 5.41) is 0. The maximum absolute atomic E-state index is 5.05. The lowest BCUT2D eigenvalue weighted by Crippen LogP contribution is -2.06. The second-order valence-electron chi connectivity index (χ2n) is 2.52. The van der Waals surface area contributed by atoms with Gasteiger partial charge in [-0.3, -0.25) is 0 Å². The molecule has 0 aromatic carbocycles. The Morgan fingerprint density at radius 1 is 1.56 bits per heavy atom. The summed E-state index contributed by atoms with van der Waals surface area (Å²) in [7, 11) is 4.00. The van der Waals surface area contributed by atoms with Crippen molar-refractivity contribution in [3.63, 3.8) is 0 Å². The van der Waals surface area contributed by atoms with E-state index in [0.717, 1.165) is 12.5 Å². The topological polar surface area (TPSA) is 9.23 Å². The van der Waals surface area contributed by atoms with Crippen LogP contribution in [0.15, 0.2) is 0 Å². The van der Waals surface area contributed by atoms with E-state index in [4.69, 9.17) is 4.74 Å². The van der Waals surface area contributed by atoms with Gasteiger partial charge in [0, 0.05) is 13.7 Å². The summed E-state index contributed by atoms with van der Waals surface area (Å²) in [6, 6.07) is 0. The van der Waals surface area contributed by atoms with Crippen molar-refractivity contribution in [2.45, 2.75) is 26.1 Å². The molecule has 1 atom stereocenters. The molecule has 9 heavy (non-hydrogen) atoms. The van der Waals surface area contributed by atoms with Crippen LogP contribution in [-0.4, -0.2) is 21.6 Å². The number of ether oxygens (including phenoxy) is 1. The minimum atomic E-state index is 0.792. The molecule has 0 aromatic rings. The van der Waals surface area contributed by atoms with Gasteiger partial charge in [-0.25, -0.2) is 0 Å². The first-order chi connectivity index (χ1) is 4.35. The lowest BCUT2D eigenvalue weighted by molar-refractivity contribution is 0.155. The first-order valence-corrected chi connectivity index (χ1v) is 3.84. The van der Waals surface area contributed by atoms with Gasteiger partial charge in [-0.05, 0) is 12.3 Å². The predicted octanol–water partition coefficient (Wildman–Crippen LogP) is 1.10. The lowest BCUT2D eigenvalue weighted by atomic mass is 9.89. The quantitative estimate of drug-likeness (QED) is 0.503. The molecule has 0 heterocycles. The van der Waals surface area contributed by atoms with Crippen molar-refractivity contribution in [2.75, 3.05) is 13.7 Å². The fraction of sp³-hybridized carbons (Fsp3) is 1.00. The molecule has 54 valence electrons.